The summed E-state index contributed by atoms with van der Waals surface area (Å²) in [7, 11) is 0. The highest BCUT2D eigenvalue weighted by Crippen LogP contribution is 2.68. The van der Waals surface area contributed by atoms with Gasteiger partial charge in [-0.25, -0.2) is 9.69 Å². The van der Waals surface area contributed by atoms with Crippen molar-refractivity contribution in [2.24, 2.45) is 16.7 Å². The standard InChI is InChI=1S/C15H23NO3S/c1-8(20)7-10(17)16-12-11(19-13(16)18)9-5-6-15(12,4)14(9,2)3/h8-9,11-12,20H,5-7H2,1-4H3/t8-,9-,11-,12-,15+/m1/s1. The number of fused-ring (bicyclic) bond motifs is 5. The predicted molar refractivity (Wildman–Crippen MR) is 78.6 cm³/mol. The summed E-state index contributed by atoms with van der Waals surface area (Å²) in [6, 6.07) is -0.0941. The monoisotopic (exact) mass is 297 g/mol. The average molecular weight is 297 g/mol. The number of rotatable bonds is 2. The van der Waals surface area contributed by atoms with Gasteiger partial charge in [0.15, 0.2) is 0 Å². The van der Waals surface area contributed by atoms with Gasteiger partial charge in [0.05, 0.1) is 6.04 Å². The first-order valence-electron chi connectivity index (χ1n) is 7.41. The SMILES string of the molecule is C[C@@H](S)CC(=O)N1C(=O)O[C@@H]2[C@H]3CC[C@@](C)([C@@H]21)C3(C)C. The van der Waals surface area contributed by atoms with E-state index in [-0.39, 0.29) is 40.6 Å². The zero-order valence-electron chi connectivity index (χ0n) is 12.5. The highest BCUT2D eigenvalue weighted by Gasteiger charge is 2.72. The van der Waals surface area contributed by atoms with Gasteiger partial charge < -0.3 is 4.74 Å². The third-order valence-corrected chi connectivity index (χ3v) is 6.37. The minimum Gasteiger partial charge on any atom is -0.443 e. The molecule has 4 nitrogen and oxygen atoms in total. The summed E-state index contributed by atoms with van der Waals surface area (Å²) in [5.74, 6) is 0.224. The van der Waals surface area contributed by atoms with Crippen LogP contribution in [0.5, 0.6) is 0 Å². The Labute approximate surface area is 125 Å². The number of hydrogen-bond acceptors (Lipinski definition) is 4. The normalized spacial score (nSPS) is 42.5. The second-order valence-corrected chi connectivity index (χ2v) is 8.28. The molecule has 0 aromatic carbocycles. The summed E-state index contributed by atoms with van der Waals surface area (Å²) < 4.78 is 5.58. The van der Waals surface area contributed by atoms with Gasteiger partial charge in [-0.1, -0.05) is 27.7 Å². The van der Waals surface area contributed by atoms with Crippen LogP contribution in [0.1, 0.15) is 47.0 Å². The van der Waals surface area contributed by atoms with Crippen molar-refractivity contribution in [2.75, 3.05) is 0 Å². The molecule has 112 valence electrons. The number of amides is 2. The van der Waals surface area contributed by atoms with Crippen LogP contribution in [0.15, 0.2) is 0 Å². The lowest BCUT2D eigenvalue weighted by Crippen LogP contribution is -2.50. The largest absolute Gasteiger partial charge is 0.443 e. The van der Waals surface area contributed by atoms with Gasteiger partial charge in [0, 0.05) is 17.6 Å². The zero-order chi connectivity index (χ0) is 14.9. The van der Waals surface area contributed by atoms with E-state index in [2.05, 4.69) is 33.4 Å². The summed E-state index contributed by atoms with van der Waals surface area (Å²) >= 11 is 4.27. The summed E-state index contributed by atoms with van der Waals surface area (Å²) in [5.41, 5.74) is 0.0676. The van der Waals surface area contributed by atoms with E-state index in [0.29, 0.717) is 5.92 Å². The molecule has 1 heterocycles. The van der Waals surface area contributed by atoms with Gasteiger partial charge in [-0.2, -0.15) is 12.6 Å². The molecule has 1 saturated heterocycles. The van der Waals surface area contributed by atoms with Crippen molar-refractivity contribution in [1.29, 1.82) is 0 Å². The summed E-state index contributed by atoms with van der Waals surface area (Å²) in [4.78, 5) is 26.0. The second-order valence-electron chi connectivity index (χ2n) is 7.39. The molecule has 2 amide bonds. The van der Waals surface area contributed by atoms with Gasteiger partial charge in [-0.3, -0.25) is 4.79 Å². The lowest BCUT2D eigenvalue weighted by Gasteiger charge is -2.40. The number of imide groups is 1. The molecule has 3 rings (SSSR count). The highest BCUT2D eigenvalue weighted by molar-refractivity contribution is 7.80. The van der Waals surface area contributed by atoms with Crippen molar-refractivity contribution in [2.45, 2.75) is 64.4 Å². The van der Waals surface area contributed by atoms with E-state index < -0.39 is 6.09 Å². The van der Waals surface area contributed by atoms with E-state index in [4.69, 9.17) is 4.74 Å². The fourth-order valence-electron chi connectivity index (χ4n) is 4.72. The molecule has 5 heteroatoms. The summed E-state index contributed by atoms with van der Waals surface area (Å²) in [6.07, 6.45) is 1.86. The van der Waals surface area contributed by atoms with Gasteiger partial charge >= 0.3 is 6.09 Å². The predicted octanol–water partition coefficient (Wildman–Crippen LogP) is 2.87. The van der Waals surface area contributed by atoms with E-state index in [1.54, 1.807) is 0 Å². The van der Waals surface area contributed by atoms with E-state index >= 15 is 0 Å². The third kappa shape index (κ3) is 1.56. The van der Waals surface area contributed by atoms with Crippen molar-refractivity contribution in [3.63, 3.8) is 0 Å². The van der Waals surface area contributed by atoms with Crippen molar-refractivity contribution >= 4 is 24.6 Å². The van der Waals surface area contributed by atoms with Gasteiger partial charge in [0.2, 0.25) is 5.91 Å². The van der Waals surface area contributed by atoms with Crippen molar-refractivity contribution in [3.05, 3.63) is 0 Å². The molecule has 0 unspecified atom stereocenters. The lowest BCUT2D eigenvalue weighted by atomic mass is 9.69. The van der Waals surface area contributed by atoms with Crippen LogP contribution in [0.25, 0.3) is 0 Å². The Morgan fingerprint density at radius 3 is 2.75 bits per heavy atom. The second kappa shape index (κ2) is 4.15. The minimum absolute atomic E-state index is 0.0377. The van der Waals surface area contributed by atoms with Gasteiger partial charge in [-0.15, -0.1) is 0 Å². The van der Waals surface area contributed by atoms with Crippen LogP contribution in [0.3, 0.4) is 0 Å². The van der Waals surface area contributed by atoms with E-state index in [0.717, 1.165) is 12.8 Å². The van der Waals surface area contributed by atoms with Crippen LogP contribution in [0.2, 0.25) is 0 Å². The lowest BCUT2D eigenvalue weighted by molar-refractivity contribution is -0.131. The minimum atomic E-state index is -0.451. The van der Waals surface area contributed by atoms with E-state index in [9.17, 15) is 9.59 Å². The molecule has 2 aliphatic carbocycles. The quantitative estimate of drug-likeness (QED) is 0.797. The number of carbonyl (C=O) groups excluding carboxylic acids is 2. The molecule has 0 radical (unpaired) electrons. The smallest absolute Gasteiger partial charge is 0.417 e. The molecule has 0 aromatic rings. The molecule has 20 heavy (non-hydrogen) atoms. The molecule has 1 aliphatic heterocycles. The van der Waals surface area contributed by atoms with Gasteiger partial charge in [0.1, 0.15) is 6.10 Å². The average Bonchev–Trinajstić information content (AvgIpc) is 2.80. The Morgan fingerprint density at radius 2 is 2.15 bits per heavy atom. The molecule has 0 spiro atoms. The Morgan fingerprint density at radius 1 is 1.50 bits per heavy atom. The first-order chi connectivity index (χ1) is 9.20. The van der Waals surface area contributed by atoms with Crippen LogP contribution in [0, 0.1) is 16.7 Å². The molecular weight excluding hydrogens is 274 g/mol. The first-order valence-corrected chi connectivity index (χ1v) is 7.92. The topological polar surface area (TPSA) is 46.6 Å². The fourth-order valence-corrected chi connectivity index (χ4v) is 4.88. The molecule has 3 aliphatic rings. The summed E-state index contributed by atoms with van der Waals surface area (Å²) in [6.45, 7) is 8.58. The maximum absolute atomic E-state index is 12.4. The molecule has 3 fully saturated rings. The number of hydrogen-bond donors (Lipinski definition) is 1. The molecular formula is C15H23NO3S. The van der Waals surface area contributed by atoms with Gasteiger partial charge in [-0.05, 0) is 23.7 Å². The maximum atomic E-state index is 12.4. The number of thiol groups is 1. The third-order valence-electron chi connectivity index (χ3n) is 6.18. The molecule has 0 N–H and O–H groups in total. The van der Waals surface area contributed by atoms with Gasteiger partial charge in [0.25, 0.3) is 0 Å². The number of nitrogens with zero attached hydrogens (tertiary/aromatic N) is 1. The molecule has 0 aromatic heterocycles. The Balaban J connectivity index is 1.95. The van der Waals surface area contributed by atoms with E-state index in [1.807, 2.05) is 6.92 Å². The number of ether oxygens (including phenoxy) is 1. The zero-order valence-corrected chi connectivity index (χ0v) is 13.4. The molecule has 2 bridgehead atoms. The van der Waals surface area contributed by atoms with Crippen LogP contribution in [0.4, 0.5) is 4.79 Å². The summed E-state index contributed by atoms with van der Waals surface area (Å²) in [5, 5.41) is -0.0474. The maximum Gasteiger partial charge on any atom is 0.417 e. The Kier molecular flexibility index (Phi) is 2.96. The van der Waals surface area contributed by atoms with Crippen molar-refractivity contribution in [3.8, 4) is 0 Å². The molecule has 5 atom stereocenters. The van der Waals surface area contributed by atoms with E-state index in [1.165, 1.54) is 4.90 Å². The van der Waals surface area contributed by atoms with Crippen molar-refractivity contribution in [1.82, 2.24) is 4.90 Å². The van der Waals surface area contributed by atoms with Crippen LogP contribution in [-0.4, -0.2) is 34.3 Å². The van der Waals surface area contributed by atoms with Crippen LogP contribution >= 0.6 is 12.6 Å². The Bertz CT molecular complexity index is 476. The molecule has 2 saturated carbocycles. The highest BCUT2D eigenvalue weighted by atomic mass is 32.1. The first kappa shape index (κ1) is 14.2. The number of carbonyl (C=O) groups is 2. The van der Waals surface area contributed by atoms with Crippen LogP contribution in [-0.2, 0) is 9.53 Å². The Hall–Kier alpha value is -0.710. The fraction of sp³-hybridized carbons (Fsp3) is 0.867. The van der Waals surface area contributed by atoms with Crippen molar-refractivity contribution < 1.29 is 14.3 Å². The van der Waals surface area contributed by atoms with Crippen LogP contribution < -0.4 is 0 Å².